The van der Waals surface area contributed by atoms with E-state index in [1.165, 1.54) is 0 Å². The van der Waals surface area contributed by atoms with E-state index in [0.717, 1.165) is 17.4 Å². The number of aldehydes is 1. The van der Waals surface area contributed by atoms with Crippen molar-refractivity contribution in [2.24, 2.45) is 5.41 Å². The van der Waals surface area contributed by atoms with Crippen molar-refractivity contribution < 1.29 is 15.0 Å². The molecule has 3 nitrogen and oxygen atoms in total. The van der Waals surface area contributed by atoms with E-state index in [1.54, 1.807) is 6.08 Å². The molecule has 1 aliphatic rings. The van der Waals surface area contributed by atoms with Crippen LogP contribution in [0.2, 0.25) is 0 Å². The highest BCUT2D eigenvalue weighted by Crippen LogP contribution is 2.38. The van der Waals surface area contributed by atoms with Crippen molar-refractivity contribution in [2.75, 3.05) is 6.61 Å². The number of hydrogen-bond donors (Lipinski definition) is 2. The van der Waals surface area contributed by atoms with Crippen molar-refractivity contribution in [3.8, 4) is 0 Å². The molecule has 84 valence electrons. The maximum atomic E-state index is 11.1. The van der Waals surface area contributed by atoms with E-state index in [1.807, 2.05) is 19.9 Å². The first-order valence-electron chi connectivity index (χ1n) is 5.13. The smallest absolute Gasteiger partial charge is 0.132 e. The zero-order valence-electron chi connectivity index (χ0n) is 9.23. The minimum atomic E-state index is -0.824. The molecule has 0 fully saturated rings. The predicted octanol–water partition coefficient (Wildman–Crippen LogP) is 1.21. The first kappa shape index (κ1) is 12.1. The minimum Gasteiger partial charge on any atom is -0.392 e. The average molecular weight is 210 g/mol. The molecular formula is C12H18O3. The second-order valence-corrected chi connectivity index (χ2v) is 4.40. The van der Waals surface area contributed by atoms with Crippen LogP contribution in [0.5, 0.6) is 0 Å². The van der Waals surface area contributed by atoms with Gasteiger partial charge in [-0.25, -0.2) is 0 Å². The summed E-state index contributed by atoms with van der Waals surface area (Å²) in [6.07, 6.45) is 4.64. The molecule has 1 rings (SSSR count). The lowest BCUT2D eigenvalue weighted by Gasteiger charge is -2.23. The van der Waals surface area contributed by atoms with Crippen LogP contribution in [-0.2, 0) is 4.79 Å². The second kappa shape index (κ2) is 4.73. The highest BCUT2D eigenvalue weighted by molar-refractivity contribution is 5.66. The Balaban J connectivity index is 2.89. The molecule has 2 unspecified atom stereocenters. The van der Waals surface area contributed by atoms with E-state index < -0.39 is 11.5 Å². The topological polar surface area (TPSA) is 57.5 Å². The zero-order valence-corrected chi connectivity index (χ0v) is 9.23. The van der Waals surface area contributed by atoms with Crippen LogP contribution in [-0.4, -0.2) is 29.2 Å². The molecule has 0 aliphatic heterocycles. The third-order valence-corrected chi connectivity index (χ3v) is 2.84. The molecule has 0 saturated heterocycles. The molecule has 0 radical (unpaired) electrons. The van der Waals surface area contributed by atoms with Gasteiger partial charge in [-0.3, -0.25) is 0 Å². The fourth-order valence-corrected chi connectivity index (χ4v) is 1.82. The standard InChI is InChI=1S/C12H18O3/c1-9(2)3-4-12(8-14)6-10(7-13)5-11(12)15/h3,6,8,11,13,15H,4-5,7H2,1-2H3. The molecule has 3 heteroatoms. The molecule has 0 spiro atoms. The van der Waals surface area contributed by atoms with Crippen LogP contribution in [0.1, 0.15) is 26.7 Å². The van der Waals surface area contributed by atoms with E-state index in [-0.39, 0.29) is 6.61 Å². The molecule has 15 heavy (non-hydrogen) atoms. The molecule has 0 aromatic rings. The summed E-state index contributed by atoms with van der Waals surface area (Å²) in [5.74, 6) is 0. The maximum absolute atomic E-state index is 11.1. The Bertz CT molecular complexity index is 300. The molecule has 2 atom stereocenters. The van der Waals surface area contributed by atoms with Crippen molar-refractivity contribution in [1.82, 2.24) is 0 Å². The third kappa shape index (κ3) is 2.55. The predicted molar refractivity (Wildman–Crippen MR) is 58.3 cm³/mol. The number of carbonyl (C=O) groups is 1. The Kier molecular flexibility index (Phi) is 3.83. The lowest BCUT2D eigenvalue weighted by molar-refractivity contribution is -0.118. The second-order valence-electron chi connectivity index (χ2n) is 4.40. The molecular weight excluding hydrogens is 192 g/mol. The first-order chi connectivity index (χ1) is 7.04. The summed E-state index contributed by atoms with van der Waals surface area (Å²) < 4.78 is 0. The Morgan fingerprint density at radius 3 is 2.73 bits per heavy atom. The Morgan fingerprint density at radius 2 is 2.33 bits per heavy atom. The summed E-state index contributed by atoms with van der Waals surface area (Å²) in [5.41, 5.74) is 1.04. The molecule has 0 aromatic heterocycles. The van der Waals surface area contributed by atoms with Crippen molar-refractivity contribution >= 4 is 6.29 Å². The Hall–Kier alpha value is -0.930. The van der Waals surface area contributed by atoms with Crippen molar-refractivity contribution in [1.29, 1.82) is 0 Å². The first-order valence-corrected chi connectivity index (χ1v) is 5.13. The highest BCUT2D eigenvalue weighted by Gasteiger charge is 2.40. The van der Waals surface area contributed by atoms with Crippen LogP contribution in [0.3, 0.4) is 0 Å². The zero-order chi connectivity index (χ0) is 11.5. The van der Waals surface area contributed by atoms with Crippen LogP contribution in [0.25, 0.3) is 0 Å². The van der Waals surface area contributed by atoms with Crippen LogP contribution in [0, 0.1) is 5.41 Å². The van der Waals surface area contributed by atoms with E-state index in [4.69, 9.17) is 5.11 Å². The van der Waals surface area contributed by atoms with Crippen LogP contribution in [0.15, 0.2) is 23.3 Å². The summed E-state index contributed by atoms with van der Waals surface area (Å²) in [7, 11) is 0. The Morgan fingerprint density at radius 1 is 1.67 bits per heavy atom. The van der Waals surface area contributed by atoms with E-state index in [0.29, 0.717) is 12.8 Å². The third-order valence-electron chi connectivity index (χ3n) is 2.84. The number of allylic oxidation sites excluding steroid dienone is 2. The van der Waals surface area contributed by atoms with Crippen LogP contribution < -0.4 is 0 Å². The van der Waals surface area contributed by atoms with Gasteiger partial charge >= 0.3 is 0 Å². The molecule has 1 aliphatic carbocycles. The van der Waals surface area contributed by atoms with Gasteiger partial charge in [-0.2, -0.15) is 0 Å². The molecule has 0 saturated carbocycles. The summed E-state index contributed by atoms with van der Waals surface area (Å²) in [5, 5.41) is 18.8. The van der Waals surface area contributed by atoms with E-state index in [9.17, 15) is 9.90 Å². The van der Waals surface area contributed by atoms with Gasteiger partial charge in [0.1, 0.15) is 6.29 Å². The van der Waals surface area contributed by atoms with Gasteiger partial charge in [-0.05, 0) is 32.3 Å². The van der Waals surface area contributed by atoms with Gasteiger partial charge < -0.3 is 15.0 Å². The number of aliphatic hydroxyl groups excluding tert-OH is 2. The number of aliphatic hydroxyl groups is 2. The van der Waals surface area contributed by atoms with Gasteiger partial charge in [-0.1, -0.05) is 17.7 Å². The molecule has 0 heterocycles. The van der Waals surface area contributed by atoms with Gasteiger partial charge in [0, 0.05) is 0 Å². The van der Waals surface area contributed by atoms with Crippen molar-refractivity contribution in [3.05, 3.63) is 23.3 Å². The SMILES string of the molecule is CC(C)=CCC1(C=O)C=C(CO)CC1O. The minimum absolute atomic E-state index is 0.0819. The van der Waals surface area contributed by atoms with Gasteiger partial charge in [-0.15, -0.1) is 0 Å². The van der Waals surface area contributed by atoms with Gasteiger partial charge in [0.05, 0.1) is 18.1 Å². The largest absolute Gasteiger partial charge is 0.392 e. The molecule has 0 amide bonds. The lowest BCUT2D eigenvalue weighted by Crippen LogP contribution is -2.30. The lowest BCUT2D eigenvalue weighted by atomic mass is 9.83. The number of carbonyl (C=O) groups excluding carboxylic acids is 1. The fourth-order valence-electron chi connectivity index (χ4n) is 1.82. The average Bonchev–Trinajstić information content (AvgIpc) is 2.53. The van der Waals surface area contributed by atoms with E-state index in [2.05, 4.69) is 0 Å². The summed E-state index contributed by atoms with van der Waals surface area (Å²) in [6.45, 7) is 3.83. The van der Waals surface area contributed by atoms with Gasteiger partial charge in [0.25, 0.3) is 0 Å². The Labute approximate surface area is 90.1 Å². The quantitative estimate of drug-likeness (QED) is 0.541. The fraction of sp³-hybridized carbons (Fsp3) is 0.583. The number of rotatable bonds is 4. The van der Waals surface area contributed by atoms with Crippen molar-refractivity contribution in [3.63, 3.8) is 0 Å². The maximum Gasteiger partial charge on any atom is 0.132 e. The van der Waals surface area contributed by atoms with E-state index >= 15 is 0 Å². The monoisotopic (exact) mass is 210 g/mol. The number of hydrogen-bond acceptors (Lipinski definition) is 3. The van der Waals surface area contributed by atoms with Crippen molar-refractivity contribution in [2.45, 2.75) is 32.8 Å². The van der Waals surface area contributed by atoms with Gasteiger partial charge in [0.15, 0.2) is 0 Å². The van der Waals surface area contributed by atoms with Crippen LogP contribution in [0.4, 0.5) is 0 Å². The summed E-state index contributed by atoms with van der Waals surface area (Å²) in [6, 6.07) is 0. The highest BCUT2D eigenvalue weighted by atomic mass is 16.3. The molecule has 0 bridgehead atoms. The summed E-state index contributed by atoms with van der Waals surface area (Å²) >= 11 is 0. The summed E-state index contributed by atoms with van der Waals surface area (Å²) in [4.78, 5) is 11.1. The van der Waals surface area contributed by atoms with Gasteiger partial charge in [0.2, 0.25) is 0 Å². The normalized spacial score (nSPS) is 29.9. The molecule has 0 aromatic carbocycles. The van der Waals surface area contributed by atoms with Crippen LogP contribution >= 0.6 is 0 Å². The molecule has 2 N–H and O–H groups in total.